The third kappa shape index (κ3) is 3.01. The molecule has 1 aliphatic rings. The van der Waals surface area contributed by atoms with Crippen LogP contribution in [0.2, 0.25) is 0 Å². The van der Waals surface area contributed by atoms with Crippen molar-refractivity contribution < 1.29 is 0 Å². The second-order valence-electron chi connectivity index (χ2n) is 8.89. The summed E-state index contributed by atoms with van der Waals surface area (Å²) in [5.41, 5.74) is 3.69. The number of piperidine rings is 1. The molecule has 6 rings (SSSR count). The zero-order valence-electron chi connectivity index (χ0n) is 18.2. The van der Waals surface area contributed by atoms with E-state index in [2.05, 4.69) is 55.1 Å². The Hall–Kier alpha value is -3.25. The first-order valence-electron chi connectivity index (χ1n) is 11.1. The number of thiophene rings is 1. The second-order valence-corrected chi connectivity index (χ2v) is 9.74. The Labute approximate surface area is 189 Å². The molecule has 0 atom stereocenters. The molecule has 160 valence electrons. The molecule has 5 nitrogen and oxygen atoms in total. The zero-order valence-corrected chi connectivity index (χ0v) is 19.0. The average molecular weight is 441 g/mol. The van der Waals surface area contributed by atoms with Crippen LogP contribution in [-0.4, -0.2) is 27.7 Å². The Bertz CT molecular complexity index is 1530. The van der Waals surface area contributed by atoms with Gasteiger partial charge in [-0.2, -0.15) is 4.52 Å². The number of rotatable bonds is 2. The van der Waals surface area contributed by atoms with Gasteiger partial charge in [-0.3, -0.25) is 4.79 Å². The van der Waals surface area contributed by atoms with Crippen LogP contribution in [-0.2, 0) is 0 Å². The van der Waals surface area contributed by atoms with Crippen LogP contribution in [0.5, 0.6) is 0 Å². The van der Waals surface area contributed by atoms with Gasteiger partial charge in [-0.05, 0) is 31.2 Å². The standard InChI is InChI=1S/C26H24N4OS/c1-16-7-9-18(10-8-16)21-15-32-25-22(21)26(31)30-23(27-25)19-5-3-4-6-20(19)24(28-30)29-13-11-17(2)12-14-29/h3-10,15,17H,11-14H2,1-2H3. The molecule has 2 aromatic carbocycles. The minimum atomic E-state index is -0.0980. The molecule has 1 aliphatic heterocycles. The minimum absolute atomic E-state index is 0.0980. The first-order valence-corrected chi connectivity index (χ1v) is 12.0. The minimum Gasteiger partial charge on any atom is -0.355 e. The quantitative estimate of drug-likeness (QED) is 0.332. The molecule has 0 amide bonds. The van der Waals surface area contributed by atoms with E-state index in [9.17, 15) is 4.79 Å². The lowest BCUT2D eigenvalue weighted by atomic mass is 9.99. The van der Waals surface area contributed by atoms with Crippen molar-refractivity contribution in [2.75, 3.05) is 18.0 Å². The predicted octanol–water partition coefficient (Wildman–Crippen LogP) is 5.67. The van der Waals surface area contributed by atoms with E-state index in [1.807, 2.05) is 17.5 Å². The smallest absolute Gasteiger partial charge is 0.283 e. The van der Waals surface area contributed by atoms with Crippen LogP contribution >= 0.6 is 11.3 Å². The van der Waals surface area contributed by atoms with Gasteiger partial charge in [0, 0.05) is 34.8 Å². The SMILES string of the molecule is Cc1ccc(-c2csc3nc4c5ccccc5c(N5CCC(C)CC5)nn4c(=O)c23)cc1. The van der Waals surface area contributed by atoms with Crippen LogP contribution in [0.25, 0.3) is 37.8 Å². The summed E-state index contributed by atoms with van der Waals surface area (Å²) in [5, 5.41) is 9.62. The zero-order chi connectivity index (χ0) is 21.8. The van der Waals surface area contributed by atoms with Crippen molar-refractivity contribution in [2.45, 2.75) is 26.7 Å². The van der Waals surface area contributed by atoms with Crippen LogP contribution in [0, 0.1) is 12.8 Å². The van der Waals surface area contributed by atoms with Gasteiger partial charge in [0.1, 0.15) is 4.83 Å². The van der Waals surface area contributed by atoms with E-state index in [1.54, 1.807) is 0 Å². The van der Waals surface area contributed by atoms with E-state index in [0.717, 1.165) is 64.4 Å². The van der Waals surface area contributed by atoms with Crippen molar-refractivity contribution in [3.8, 4) is 11.1 Å². The van der Waals surface area contributed by atoms with Gasteiger partial charge in [0.15, 0.2) is 11.5 Å². The highest BCUT2D eigenvalue weighted by Gasteiger charge is 2.22. The van der Waals surface area contributed by atoms with Crippen LogP contribution in [0.15, 0.2) is 58.7 Å². The van der Waals surface area contributed by atoms with Crippen LogP contribution < -0.4 is 10.5 Å². The van der Waals surface area contributed by atoms with Gasteiger partial charge in [0.2, 0.25) is 0 Å². The number of aryl methyl sites for hydroxylation is 1. The van der Waals surface area contributed by atoms with Crippen LogP contribution in [0.3, 0.4) is 0 Å². The van der Waals surface area contributed by atoms with Crippen LogP contribution in [0.1, 0.15) is 25.3 Å². The number of anilines is 1. The lowest BCUT2D eigenvalue weighted by molar-refractivity contribution is 0.436. The maximum atomic E-state index is 13.8. The Morgan fingerprint density at radius 1 is 1.00 bits per heavy atom. The van der Waals surface area contributed by atoms with E-state index < -0.39 is 0 Å². The molecule has 0 bridgehead atoms. The number of nitrogens with zero attached hydrogens (tertiary/aromatic N) is 4. The van der Waals surface area contributed by atoms with Gasteiger partial charge in [-0.25, -0.2) is 4.98 Å². The maximum Gasteiger partial charge on any atom is 0.283 e. The fraction of sp³-hybridized carbons (Fsp3) is 0.269. The molecular weight excluding hydrogens is 416 g/mol. The topological polar surface area (TPSA) is 50.5 Å². The summed E-state index contributed by atoms with van der Waals surface area (Å²) >= 11 is 1.52. The maximum absolute atomic E-state index is 13.8. The normalized spacial score (nSPS) is 15.2. The van der Waals surface area contributed by atoms with E-state index in [1.165, 1.54) is 21.4 Å². The molecule has 0 aliphatic carbocycles. The summed E-state index contributed by atoms with van der Waals surface area (Å²) in [7, 11) is 0. The van der Waals surface area contributed by atoms with E-state index in [0.29, 0.717) is 11.0 Å². The summed E-state index contributed by atoms with van der Waals surface area (Å²) in [6.07, 6.45) is 2.28. The van der Waals surface area contributed by atoms with E-state index in [-0.39, 0.29) is 5.56 Å². The van der Waals surface area contributed by atoms with Gasteiger partial charge in [0.05, 0.1) is 5.39 Å². The highest BCUT2D eigenvalue weighted by atomic mass is 32.1. The monoisotopic (exact) mass is 440 g/mol. The molecular formula is C26H24N4OS. The first-order chi connectivity index (χ1) is 15.6. The lowest BCUT2D eigenvalue weighted by Crippen LogP contribution is -2.34. The fourth-order valence-corrected chi connectivity index (χ4v) is 5.61. The van der Waals surface area contributed by atoms with Crippen molar-refractivity contribution in [3.05, 3.63) is 69.8 Å². The molecule has 0 N–H and O–H groups in total. The molecule has 0 spiro atoms. The highest BCUT2D eigenvalue weighted by Crippen LogP contribution is 2.34. The number of aromatic nitrogens is 3. The first kappa shape index (κ1) is 19.4. The summed E-state index contributed by atoms with van der Waals surface area (Å²) in [5.74, 6) is 1.61. The molecule has 4 heterocycles. The molecule has 6 heteroatoms. The van der Waals surface area contributed by atoms with Gasteiger partial charge >= 0.3 is 0 Å². The number of hydrogen-bond donors (Lipinski definition) is 0. The average Bonchev–Trinajstić information content (AvgIpc) is 3.24. The van der Waals surface area contributed by atoms with Gasteiger partial charge < -0.3 is 4.90 Å². The Kier molecular flexibility index (Phi) is 4.50. The van der Waals surface area contributed by atoms with Gasteiger partial charge in [-0.15, -0.1) is 16.4 Å². The predicted molar refractivity (Wildman–Crippen MR) is 133 cm³/mol. The molecule has 3 aromatic heterocycles. The van der Waals surface area contributed by atoms with E-state index >= 15 is 0 Å². The highest BCUT2D eigenvalue weighted by molar-refractivity contribution is 7.17. The van der Waals surface area contributed by atoms with Crippen molar-refractivity contribution in [3.63, 3.8) is 0 Å². The van der Waals surface area contributed by atoms with Crippen molar-refractivity contribution >= 4 is 43.8 Å². The van der Waals surface area contributed by atoms with Gasteiger partial charge in [0.25, 0.3) is 5.56 Å². The Balaban J connectivity index is 1.64. The molecule has 0 unspecified atom stereocenters. The largest absolute Gasteiger partial charge is 0.355 e. The summed E-state index contributed by atoms with van der Waals surface area (Å²) in [6, 6.07) is 16.5. The fourth-order valence-electron chi connectivity index (χ4n) is 4.67. The van der Waals surface area contributed by atoms with E-state index in [4.69, 9.17) is 10.1 Å². The van der Waals surface area contributed by atoms with Crippen molar-refractivity contribution in [2.24, 2.45) is 5.92 Å². The van der Waals surface area contributed by atoms with Gasteiger partial charge in [-0.1, -0.05) is 61.0 Å². The number of hydrogen-bond acceptors (Lipinski definition) is 5. The Morgan fingerprint density at radius 2 is 1.72 bits per heavy atom. The third-order valence-electron chi connectivity index (χ3n) is 6.64. The Morgan fingerprint density at radius 3 is 2.47 bits per heavy atom. The summed E-state index contributed by atoms with van der Waals surface area (Å²) < 4.78 is 1.53. The second kappa shape index (κ2) is 7.41. The molecule has 0 saturated carbocycles. The van der Waals surface area contributed by atoms with Crippen LogP contribution in [0.4, 0.5) is 5.82 Å². The third-order valence-corrected chi connectivity index (χ3v) is 7.51. The molecule has 32 heavy (non-hydrogen) atoms. The molecule has 1 saturated heterocycles. The molecule has 5 aromatic rings. The molecule has 0 radical (unpaired) electrons. The summed E-state index contributed by atoms with van der Waals surface area (Å²) in [6.45, 7) is 6.29. The lowest BCUT2D eigenvalue weighted by Gasteiger charge is -2.31. The molecule has 1 fully saturated rings. The van der Waals surface area contributed by atoms with Crippen molar-refractivity contribution in [1.29, 1.82) is 0 Å². The van der Waals surface area contributed by atoms with Crippen molar-refractivity contribution in [1.82, 2.24) is 14.6 Å². The summed E-state index contributed by atoms with van der Waals surface area (Å²) in [4.78, 5) is 21.8. The number of benzene rings is 2. The number of fused-ring (bicyclic) bond motifs is 4.